The molecule has 0 aliphatic heterocycles. The third kappa shape index (κ3) is 30.2. The lowest BCUT2D eigenvalue weighted by atomic mass is 9.85. The summed E-state index contributed by atoms with van der Waals surface area (Å²) in [6, 6.07) is 0. The molecule has 0 aromatic carbocycles. The number of phosphoric acid groups is 1. The minimum Gasteiger partial charge on any atom is -0.462 e. The fourth-order valence-corrected chi connectivity index (χ4v) is 7.41. The zero-order valence-corrected chi connectivity index (χ0v) is 39.3. The molecule has 1 aliphatic rings. The van der Waals surface area contributed by atoms with E-state index >= 15 is 0 Å². The first-order valence-electron chi connectivity index (χ1n) is 23.5. The first-order valence-corrected chi connectivity index (χ1v) is 25.0. The maximum absolute atomic E-state index is 12.8. The second kappa shape index (κ2) is 38.1. The summed E-state index contributed by atoms with van der Waals surface area (Å²) < 4.78 is 33.4. The molecule has 15 heteroatoms. The van der Waals surface area contributed by atoms with Crippen LogP contribution >= 0.6 is 7.82 Å². The van der Waals surface area contributed by atoms with Gasteiger partial charge < -0.3 is 45.0 Å². The van der Waals surface area contributed by atoms with Crippen molar-refractivity contribution >= 4 is 19.8 Å². The number of aliphatic hydroxyl groups is 6. The fraction of sp³-hybridized carbons (Fsp3) is 0.673. The van der Waals surface area contributed by atoms with E-state index in [0.29, 0.717) is 38.5 Å². The molecule has 1 saturated carbocycles. The lowest BCUT2D eigenvalue weighted by Gasteiger charge is -2.41. The number of carbonyl (C=O) groups excluding carboxylic acids is 2. The molecular weight excluding hydrogens is 843 g/mol. The van der Waals surface area contributed by atoms with Crippen LogP contribution in [0, 0.1) is 0 Å². The number of hydrogen-bond donors (Lipinski definition) is 7. The van der Waals surface area contributed by atoms with Crippen LogP contribution in [0.2, 0.25) is 0 Å². The summed E-state index contributed by atoms with van der Waals surface area (Å²) in [6.07, 6.45) is 32.4. The van der Waals surface area contributed by atoms with E-state index in [1.165, 1.54) is 57.8 Å². The Hall–Kier alpha value is -3.01. The lowest BCUT2D eigenvalue weighted by Crippen LogP contribution is -2.64. The number of allylic oxidation sites excluding steroid dienone is 12. The average molecular weight is 925 g/mol. The molecule has 0 amide bonds. The molecule has 14 nitrogen and oxygen atoms in total. The molecule has 0 spiro atoms. The highest BCUT2D eigenvalue weighted by atomic mass is 31.2. The molecule has 1 fully saturated rings. The molecule has 0 aromatic heterocycles. The van der Waals surface area contributed by atoms with Gasteiger partial charge in [-0.2, -0.15) is 0 Å². The number of phosphoric ester groups is 1. The van der Waals surface area contributed by atoms with Gasteiger partial charge in [-0.25, -0.2) is 4.57 Å². The zero-order valence-electron chi connectivity index (χ0n) is 38.4. The Bertz CT molecular complexity index is 1460. The van der Waals surface area contributed by atoms with Crippen LogP contribution in [-0.2, 0) is 32.7 Å². The highest BCUT2D eigenvalue weighted by molar-refractivity contribution is 7.47. The van der Waals surface area contributed by atoms with E-state index in [4.69, 9.17) is 18.5 Å². The Kier molecular flexibility index (Phi) is 35.2. The van der Waals surface area contributed by atoms with Gasteiger partial charge in [0.05, 0.1) is 12.7 Å². The Balaban J connectivity index is 2.57. The second-order valence-electron chi connectivity index (χ2n) is 16.1. The van der Waals surface area contributed by atoms with Crippen LogP contribution in [-0.4, -0.2) is 110 Å². The van der Waals surface area contributed by atoms with Crippen LogP contribution < -0.4 is 0 Å². The standard InChI is InChI=1S/C49H81O14P/c1-3-5-7-9-11-12-13-14-15-16-17-18-19-20-24-28-32-36-42(51)60-38-41(39-61-64(58,59)63-49-47(56)45(54)44(53)46(55)48(49)57)62-43(52)37-33-29-25-21-23-27-31-35-40(50)34-30-26-22-10-8-6-4-2/h14-15,17-18,20-22,24-27,30-31,34,40-41,44-50,53-57H,3-13,16,19,23,28-29,32-33,35-39H2,1-2H3,(H,58,59)/b15-14-,18-17-,24-20-,25-21+,26-22-,31-27-,34-30-/t40-,41+,44?,45-,46+,47+,48+,49?/m0/s1. The Morgan fingerprint density at radius 1 is 0.562 bits per heavy atom. The number of carbonyl (C=O) groups is 2. The third-order valence-corrected chi connectivity index (χ3v) is 11.3. The predicted octanol–water partition coefficient (Wildman–Crippen LogP) is 8.25. The number of esters is 2. The van der Waals surface area contributed by atoms with Crippen molar-refractivity contribution in [3.8, 4) is 0 Å². The van der Waals surface area contributed by atoms with E-state index in [9.17, 15) is 49.7 Å². The number of rotatable bonds is 37. The van der Waals surface area contributed by atoms with E-state index in [-0.39, 0.29) is 12.8 Å². The van der Waals surface area contributed by atoms with Crippen molar-refractivity contribution in [2.45, 2.75) is 198 Å². The Morgan fingerprint density at radius 3 is 1.64 bits per heavy atom. The van der Waals surface area contributed by atoms with Crippen LogP contribution in [0.3, 0.4) is 0 Å². The van der Waals surface area contributed by atoms with E-state index in [2.05, 4.69) is 44.2 Å². The minimum atomic E-state index is -5.17. The van der Waals surface area contributed by atoms with Crippen LogP contribution in [0.5, 0.6) is 0 Å². The molecule has 0 aromatic rings. The van der Waals surface area contributed by atoms with Gasteiger partial charge in [0.15, 0.2) is 6.10 Å². The predicted molar refractivity (Wildman–Crippen MR) is 250 cm³/mol. The summed E-state index contributed by atoms with van der Waals surface area (Å²) in [6.45, 7) is 3.09. The highest BCUT2D eigenvalue weighted by Gasteiger charge is 2.51. The number of hydrogen-bond acceptors (Lipinski definition) is 13. The SMILES string of the molecule is CCCCC/C=C\C=C/[C@H](O)C/C=C\C/C=C/CCCC(=O)O[C@H](COC(=O)CCC/C=C\C/C=C\C/C=C\CCCCCCCC)COP(=O)(O)OC1[C@H](O)[C@H](O)C(O)[C@H](O)[C@H]1O. The molecule has 64 heavy (non-hydrogen) atoms. The van der Waals surface area contributed by atoms with Crippen LogP contribution in [0.4, 0.5) is 0 Å². The number of aliphatic hydroxyl groups excluding tert-OH is 6. The summed E-state index contributed by atoms with van der Waals surface area (Å²) in [7, 11) is -5.17. The van der Waals surface area contributed by atoms with Gasteiger partial charge in [0.2, 0.25) is 0 Å². The van der Waals surface area contributed by atoms with Crippen molar-refractivity contribution in [1.82, 2.24) is 0 Å². The average Bonchev–Trinajstić information content (AvgIpc) is 3.27. The molecule has 1 aliphatic carbocycles. The number of ether oxygens (including phenoxy) is 2. The molecule has 0 saturated heterocycles. The van der Waals surface area contributed by atoms with Crippen molar-refractivity contribution in [1.29, 1.82) is 0 Å². The van der Waals surface area contributed by atoms with Gasteiger partial charge in [0, 0.05) is 12.8 Å². The van der Waals surface area contributed by atoms with Crippen molar-refractivity contribution < 1.29 is 68.2 Å². The third-order valence-electron chi connectivity index (χ3n) is 10.3. The van der Waals surface area contributed by atoms with Gasteiger partial charge in [-0.3, -0.25) is 18.6 Å². The van der Waals surface area contributed by atoms with Crippen LogP contribution in [0.15, 0.2) is 85.1 Å². The highest BCUT2D eigenvalue weighted by Crippen LogP contribution is 2.47. The lowest BCUT2D eigenvalue weighted by molar-refractivity contribution is -0.220. The zero-order chi connectivity index (χ0) is 47.3. The van der Waals surface area contributed by atoms with Gasteiger partial charge in [-0.05, 0) is 77.0 Å². The molecule has 0 heterocycles. The first kappa shape index (κ1) is 59.0. The van der Waals surface area contributed by atoms with E-state index in [1.807, 2.05) is 48.6 Å². The monoisotopic (exact) mass is 925 g/mol. The van der Waals surface area contributed by atoms with Gasteiger partial charge in [-0.1, -0.05) is 144 Å². The van der Waals surface area contributed by atoms with Crippen LogP contribution in [0.1, 0.15) is 149 Å². The summed E-state index contributed by atoms with van der Waals surface area (Å²) in [5.41, 5.74) is 0. The molecule has 9 atom stereocenters. The topological polar surface area (TPSA) is 230 Å². The van der Waals surface area contributed by atoms with Gasteiger partial charge in [0.25, 0.3) is 0 Å². The largest absolute Gasteiger partial charge is 0.472 e. The fourth-order valence-electron chi connectivity index (χ4n) is 6.43. The van der Waals surface area contributed by atoms with Crippen LogP contribution in [0.25, 0.3) is 0 Å². The van der Waals surface area contributed by atoms with Gasteiger partial charge in [0.1, 0.15) is 43.2 Å². The van der Waals surface area contributed by atoms with Crippen molar-refractivity contribution in [3.05, 3.63) is 85.1 Å². The van der Waals surface area contributed by atoms with Crippen molar-refractivity contribution in [3.63, 3.8) is 0 Å². The first-order chi connectivity index (χ1) is 30.8. The van der Waals surface area contributed by atoms with E-state index in [0.717, 1.165) is 25.7 Å². The van der Waals surface area contributed by atoms with E-state index < -0.39 is 81.8 Å². The van der Waals surface area contributed by atoms with Gasteiger partial charge >= 0.3 is 19.8 Å². The Morgan fingerprint density at radius 2 is 1.03 bits per heavy atom. The molecule has 1 rings (SSSR count). The normalized spacial score (nSPS) is 22.8. The molecular formula is C49H81O14P. The molecule has 3 unspecified atom stereocenters. The Labute approximate surface area is 382 Å². The molecule has 0 radical (unpaired) electrons. The number of unbranched alkanes of at least 4 members (excludes halogenated alkanes) is 11. The van der Waals surface area contributed by atoms with Gasteiger partial charge in [-0.15, -0.1) is 0 Å². The maximum atomic E-state index is 12.8. The minimum absolute atomic E-state index is 0.0282. The quantitative estimate of drug-likeness (QED) is 0.0102. The maximum Gasteiger partial charge on any atom is 0.472 e. The molecule has 7 N–H and O–H groups in total. The summed E-state index contributed by atoms with van der Waals surface area (Å²) >= 11 is 0. The summed E-state index contributed by atoms with van der Waals surface area (Å²) in [4.78, 5) is 35.7. The molecule has 366 valence electrons. The summed E-state index contributed by atoms with van der Waals surface area (Å²) in [5, 5.41) is 60.2. The second-order valence-corrected chi connectivity index (χ2v) is 17.5. The molecule has 0 bridgehead atoms. The van der Waals surface area contributed by atoms with Crippen molar-refractivity contribution in [2.75, 3.05) is 13.2 Å². The van der Waals surface area contributed by atoms with Crippen molar-refractivity contribution in [2.24, 2.45) is 0 Å². The smallest absolute Gasteiger partial charge is 0.462 e. The summed E-state index contributed by atoms with van der Waals surface area (Å²) in [5.74, 6) is -1.28. The van der Waals surface area contributed by atoms with E-state index in [1.54, 1.807) is 6.08 Å².